The van der Waals surface area contributed by atoms with Crippen LogP contribution in [0.15, 0.2) is 24.5 Å². The smallest absolute Gasteiger partial charge is 0.292 e. The van der Waals surface area contributed by atoms with E-state index < -0.39 is 7.75 Å². The average molecular weight is 342 g/mol. The Hall–Kier alpha value is -0.900. The lowest BCUT2D eigenvalue weighted by Gasteiger charge is -2.20. The molecule has 5 nitrogen and oxygen atoms in total. The number of pyridine rings is 1. The van der Waals surface area contributed by atoms with E-state index >= 15 is 0 Å². The highest BCUT2D eigenvalue weighted by atomic mass is 31.2. The molecular weight excluding hydrogens is 311 g/mol. The van der Waals surface area contributed by atoms with Crippen LogP contribution < -0.4 is 5.09 Å². The molecule has 0 aliphatic heterocycles. The normalized spacial score (nSPS) is 11.6. The number of aromatic nitrogens is 1. The van der Waals surface area contributed by atoms with Gasteiger partial charge in [0, 0.05) is 6.20 Å². The van der Waals surface area contributed by atoms with Crippen LogP contribution in [0.5, 0.6) is 0 Å². The van der Waals surface area contributed by atoms with Gasteiger partial charge in [0.05, 0.1) is 25.1 Å². The molecule has 0 fully saturated rings. The molecule has 132 valence electrons. The number of hydrogen-bond donors (Lipinski definition) is 1. The molecule has 0 spiro atoms. The first kappa shape index (κ1) is 20.1. The van der Waals surface area contributed by atoms with Crippen LogP contribution in [0.1, 0.15) is 65.2 Å². The summed E-state index contributed by atoms with van der Waals surface area (Å²) in [6, 6.07) is 3.59. The average Bonchev–Trinajstić information content (AvgIpc) is 2.55. The second kappa shape index (κ2) is 12.5. The number of unbranched alkanes of at least 4 members (excludes halogenated alkanes) is 6. The molecule has 1 aromatic rings. The summed E-state index contributed by atoms with van der Waals surface area (Å²) in [6.07, 6.45) is 11.9. The molecule has 0 radical (unpaired) electrons. The highest BCUT2D eigenvalue weighted by Crippen LogP contribution is 2.48. The molecule has 1 aromatic heterocycles. The summed E-state index contributed by atoms with van der Waals surface area (Å²) < 4.78 is 24.0. The Balaban J connectivity index is 2.47. The van der Waals surface area contributed by atoms with Gasteiger partial charge in [0.1, 0.15) is 0 Å². The van der Waals surface area contributed by atoms with Gasteiger partial charge in [-0.05, 0) is 25.0 Å². The maximum atomic E-state index is 12.9. The van der Waals surface area contributed by atoms with E-state index in [1.54, 1.807) is 24.5 Å². The van der Waals surface area contributed by atoms with Crippen molar-refractivity contribution in [2.24, 2.45) is 0 Å². The summed E-state index contributed by atoms with van der Waals surface area (Å²) in [5.41, 5.74) is 0.651. The van der Waals surface area contributed by atoms with Crippen LogP contribution >= 0.6 is 7.75 Å². The van der Waals surface area contributed by atoms with Gasteiger partial charge in [0.2, 0.25) is 0 Å². The molecule has 1 heterocycles. The maximum Gasteiger partial charge on any atom is 0.432 e. The van der Waals surface area contributed by atoms with Crippen LogP contribution in [0.25, 0.3) is 0 Å². The Morgan fingerprint density at radius 3 is 2.09 bits per heavy atom. The van der Waals surface area contributed by atoms with E-state index in [1.165, 1.54) is 25.7 Å². The molecule has 0 unspecified atom stereocenters. The van der Waals surface area contributed by atoms with Crippen molar-refractivity contribution in [3.05, 3.63) is 24.5 Å². The largest absolute Gasteiger partial charge is 0.432 e. The Morgan fingerprint density at radius 2 is 1.61 bits per heavy atom. The number of hydrogen-bond acceptors (Lipinski definition) is 4. The number of nitrogens with zero attached hydrogens (tertiary/aromatic N) is 1. The quantitative estimate of drug-likeness (QED) is 0.342. The van der Waals surface area contributed by atoms with Gasteiger partial charge in [-0.2, -0.15) is 0 Å². The lowest BCUT2D eigenvalue weighted by molar-refractivity contribution is 0.202. The molecule has 1 N–H and O–H groups in total. The second-order valence-electron chi connectivity index (χ2n) is 5.64. The van der Waals surface area contributed by atoms with Crippen molar-refractivity contribution in [2.45, 2.75) is 65.2 Å². The van der Waals surface area contributed by atoms with E-state index in [1.807, 2.05) is 0 Å². The highest BCUT2D eigenvalue weighted by Gasteiger charge is 2.24. The van der Waals surface area contributed by atoms with Crippen molar-refractivity contribution in [3.63, 3.8) is 0 Å². The molecule has 23 heavy (non-hydrogen) atoms. The molecule has 0 saturated heterocycles. The SMILES string of the molecule is CCCCCCOP(=O)(Nc1cccnc1)OCCCCCC. The zero-order valence-electron chi connectivity index (χ0n) is 14.5. The lowest BCUT2D eigenvalue weighted by Crippen LogP contribution is -2.07. The van der Waals surface area contributed by atoms with Gasteiger partial charge in [-0.3, -0.25) is 19.1 Å². The molecule has 0 atom stereocenters. The van der Waals surface area contributed by atoms with Crippen LogP contribution in [-0.2, 0) is 13.6 Å². The summed E-state index contributed by atoms with van der Waals surface area (Å²) in [5, 5.41) is 2.89. The second-order valence-corrected chi connectivity index (χ2v) is 7.37. The van der Waals surface area contributed by atoms with Crippen LogP contribution in [0.2, 0.25) is 0 Å². The van der Waals surface area contributed by atoms with Crippen LogP contribution in [0.4, 0.5) is 5.69 Å². The minimum absolute atomic E-state index is 0.444. The first-order valence-electron chi connectivity index (χ1n) is 8.77. The molecule has 0 aliphatic rings. The van der Waals surface area contributed by atoms with Crippen molar-refractivity contribution < 1.29 is 13.6 Å². The standard InChI is InChI=1S/C17H31N2O3P/c1-3-5-7-9-14-21-23(20,22-15-10-8-6-4-2)19-17-12-11-13-18-16-17/h11-13,16H,3-10,14-15H2,1-2H3,(H,19,20). The van der Waals surface area contributed by atoms with E-state index in [-0.39, 0.29) is 0 Å². The molecule has 0 bridgehead atoms. The van der Waals surface area contributed by atoms with Crippen LogP contribution in [0.3, 0.4) is 0 Å². The third kappa shape index (κ3) is 9.75. The maximum absolute atomic E-state index is 12.9. The van der Waals surface area contributed by atoms with Crippen molar-refractivity contribution >= 4 is 13.4 Å². The zero-order valence-corrected chi connectivity index (χ0v) is 15.4. The van der Waals surface area contributed by atoms with Crippen LogP contribution in [-0.4, -0.2) is 18.2 Å². The summed E-state index contributed by atoms with van der Waals surface area (Å²) in [7, 11) is -3.33. The van der Waals surface area contributed by atoms with Gasteiger partial charge in [-0.15, -0.1) is 0 Å². The molecule has 1 rings (SSSR count). The number of nitrogens with one attached hydrogen (secondary N) is 1. The summed E-state index contributed by atoms with van der Waals surface area (Å²) in [6.45, 7) is 5.21. The molecule has 0 saturated carbocycles. The molecule has 6 heteroatoms. The van der Waals surface area contributed by atoms with Gasteiger partial charge in [-0.25, -0.2) is 4.57 Å². The Bertz CT molecular complexity index is 425. The third-order valence-electron chi connectivity index (χ3n) is 3.45. The molecular formula is C17H31N2O3P. The first-order chi connectivity index (χ1) is 11.2. The minimum Gasteiger partial charge on any atom is -0.292 e. The Morgan fingerprint density at radius 1 is 1.00 bits per heavy atom. The lowest BCUT2D eigenvalue weighted by atomic mass is 10.2. The van der Waals surface area contributed by atoms with Crippen LogP contribution in [0, 0.1) is 0 Å². The zero-order chi connectivity index (χ0) is 16.8. The first-order valence-corrected chi connectivity index (χ1v) is 10.3. The number of rotatable bonds is 14. The predicted molar refractivity (Wildman–Crippen MR) is 95.7 cm³/mol. The topological polar surface area (TPSA) is 60.5 Å². The third-order valence-corrected chi connectivity index (χ3v) is 5.02. The minimum atomic E-state index is -3.33. The fourth-order valence-corrected chi connectivity index (χ4v) is 3.51. The fourth-order valence-electron chi connectivity index (χ4n) is 2.12. The summed E-state index contributed by atoms with van der Waals surface area (Å²) >= 11 is 0. The molecule has 0 aliphatic carbocycles. The predicted octanol–water partition coefficient (Wildman–Crippen LogP) is 5.80. The van der Waals surface area contributed by atoms with Crippen molar-refractivity contribution in [1.82, 2.24) is 4.98 Å². The molecule has 0 amide bonds. The van der Waals surface area contributed by atoms with Crippen molar-refractivity contribution in [1.29, 1.82) is 0 Å². The Labute approximate surface area is 140 Å². The highest BCUT2D eigenvalue weighted by molar-refractivity contribution is 7.55. The van der Waals surface area contributed by atoms with Crippen molar-refractivity contribution in [2.75, 3.05) is 18.3 Å². The van der Waals surface area contributed by atoms with Gasteiger partial charge in [-0.1, -0.05) is 52.4 Å². The van der Waals surface area contributed by atoms with Gasteiger partial charge >= 0.3 is 7.75 Å². The van der Waals surface area contributed by atoms with E-state index in [0.29, 0.717) is 18.9 Å². The summed E-state index contributed by atoms with van der Waals surface area (Å²) in [4.78, 5) is 4.02. The fraction of sp³-hybridized carbons (Fsp3) is 0.706. The van der Waals surface area contributed by atoms with Gasteiger partial charge in [0.25, 0.3) is 0 Å². The van der Waals surface area contributed by atoms with Gasteiger partial charge < -0.3 is 0 Å². The monoisotopic (exact) mass is 342 g/mol. The molecule has 0 aromatic carbocycles. The van der Waals surface area contributed by atoms with E-state index in [2.05, 4.69) is 23.9 Å². The van der Waals surface area contributed by atoms with Gasteiger partial charge in [0.15, 0.2) is 0 Å². The van der Waals surface area contributed by atoms with E-state index in [4.69, 9.17) is 9.05 Å². The van der Waals surface area contributed by atoms with E-state index in [9.17, 15) is 4.57 Å². The van der Waals surface area contributed by atoms with Crippen molar-refractivity contribution in [3.8, 4) is 0 Å². The van der Waals surface area contributed by atoms with E-state index in [0.717, 1.165) is 25.7 Å². The Kier molecular flexibility index (Phi) is 11.0. The number of anilines is 1. The summed E-state index contributed by atoms with van der Waals surface area (Å²) in [5.74, 6) is 0.